The number of hydrogen-bond donors (Lipinski definition) is 1. The summed E-state index contributed by atoms with van der Waals surface area (Å²) in [6.07, 6.45) is 0.880. The number of nitrogens with one attached hydrogen (secondary N) is 1. The molecule has 1 N–H and O–H groups in total. The maximum atomic E-state index is 12.7. The van der Waals surface area contributed by atoms with Crippen molar-refractivity contribution in [3.8, 4) is 5.75 Å². The molecule has 2 aliphatic heterocycles. The number of nitrogens with zero attached hydrogens (tertiary/aromatic N) is 2. The number of imide groups is 1. The lowest BCUT2D eigenvalue weighted by Crippen LogP contribution is -2.48. The zero-order valence-corrected chi connectivity index (χ0v) is 14.8. The van der Waals surface area contributed by atoms with Crippen LogP contribution in [0.4, 0.5) is 4.79 Å². The molecular formula is C16H21N3O5S. The average molecular weight is 367 g/mol. The summed E-state index contributed by atoms with van der Waals surface area (Å²) in [5.41, 5.74) is 0. The van der Waals surface area contributed by atoms with Gasteiger partial charge in [0.15, 0.2) is 0 Å². The third-order valence-corrected chi connectivity index (χ3v) is 6.35. The molecule has 1 aromatic rings. The van der Waals surface area contributed by atoms with Gasteiger partial charge < -0.3 is 10.1 Å². The standard InChI is InChI=1S/C16H21N3O5S/c1-2-24-13-3-5-14(6-4-13)25(22,23)18-9-7-12(8-10-18)19-15(20)11-17-16(19)21/h3-6,12H,2,7-11H2,1H3,(H,17,21). The van der Waals surface area contributed by atoms with Crippen LogP contribution in [0.3, 0.4) is 0 Å². The van der Waals surface area contributed by atoms with E-state index in [1.165, 1.54) is 21.3 Å². The minimum absolute atomic E-state index is 0.0174. The fourth-order valence-corrected chi connectivity index (χ4v) is 4.64. The van der Waals surface area contributed by atoms with Crippen molar-refractivity contribution in [1.82, 2.24) is 14.5 Å². The molecule has 2 fully saturated rings. The van der Waals surface area contributed by atoms with E-state index in [1.54, 1.807) is 12.1 Å². The van der Waals surface area contributed by atoms with E-state index in [2.05, 4.69) is 5.32 Å². The van der Waals surface area contributed by atoms with E-state index < -0.39 is 16.1 Å². The van der Waals surface area contributed by atoms with Crippen molar-refractivity contribution in [2.45, 2.75) is 30.7 Å². The quantitative estimate of drug-likeness (QED) is 0.776. The van der Waals surface area contributed by atoms with Gasteiger partial charge in [-0.1, -0.05) is 0 Å². The zero-order chi connectivity index (χ0) is 18.0. The molecule has 0 aromatic heterocycles. The number of amides is 3. The Morgan fingerprint density at radius 3 is 2.32 bits per heavy atom. The van der Waals surface area contributed by atoms with E-state index in [4.69, 9.17) is 4.74 Å². The van der Waals surface area contributed by atoms with Crippen molar-refractivity contribution in [3.63, 3.8) is 0 Å². The van der Waals surface area contributed by atoms with Crippen LogP contribution in [0.25, 0.3) is 0 Å². The number of urea groups is 1. The smallest absolute Gasteiger partial charge is 0.324 e. The second kappa shape index (κ2) is 7.01. The van der Waals surface area contributed by atoms with E-state index in [1.807, 2.05) is 6.92 Å². The van der Waals surface area contributed by atoms with Crippen molar-refractivity contribution in [3.05, 3.63) is 24.3 Å². The Morgan fingerprint density at radius 1 is 1.16 bits per heavy atom. The summed E-state index contributed by atoms with van der Waals surface area (Å²) in [6.45, 7) is 2.95. The van der Waals surface area contributed by atoms with Crippen LogP contribution in [-0.4, -0.2) is 61.8 Å². The summed E-state index contributed by atoms with van der Waals surface area (Å²) in [4.78, 5) is 24.9. The number of benzene rings is 1. The van der Waals surface area contributed by atoms with Crippen LogP contribution in [0.1, 0.15) is 19.8 Å². The topological polar surface area (TPSA) is 96.0 Å². The third-order valence-electron chi connectivity index (χ3n) is 4.44. The van der Waals surface area contributed by atoms with Crippen LogP contribution in [0, 0.1) is 0 Å². The molecule has 25 heavy (non-hydrogen) atoms. The minimum Gasteiger partial charge on any atom is -0.494 e. The Labute approximate surface area is 146 Å². The number of hydrogen-bond acceptors (Lipinski definition) is 5. The molecule has 0 spiro atoms. The molecule has 0 radical (unpaired) electrons. The van der Waals surface area contributed by atoms with Gasteiger partial charge in [-0.15, -0.1) is 0 Å². The van der Waals surface area contributed by atoms with Crippen molar-refractivity contribution in [2.75, 3.05) is 26.2 Å². The van der Waals surface area contributed by atoms with Gasteiger partial charge in [-0.3, -0.25) is 9.69 Å². The van der Waals surface area contributed by atoms with Gasteiger partial charge in [0.2, 0.25) is 15.9 Å². The van der Waals surface area contributed by atoms with Gasteiger partial charge in [-0.2, -0.15) is 4.31 Å². The van der Waals surface area contributed by atoms with Crippen LogP contribution in [0.2, 0.25) is 0 Å². The van der Waals surface area contributed by atoms with E-state index in [0.717, 1.165) is 0 Å². The molecule has 9 heteroatoms. The molecule has 1 aromatic carbocycles. The largest absolute Gasteiger partial charge is 0.494 e. The van der Waals surface area contributed by atoms with Gasteiger partial charge in [-0.25, -0.2) is 13.2 Å². The first-order valence-corrected chi connectivity index (χ1v) is 9.70. The average Bonchev–Trinajstić information content (AvgIpc) is 2.94. The molecule has 3 rings (SSSR count). The van der Waals surface area contributed by atoms with Gasteiger partial charge >= 0.3 is 6.03 Å². The molecule has 0 bridgehead atoms. The molecule has 2 saturated heterocycles. The second-order valence-electron chi connectivity index (χ2n) is 5.96. The molecule has 2 heterocycles. The minimum atomic E-state index is -3.59. The maximum Gasteiger partial charge on any atom is 0.324 e. The highest BCUT2D eigenvalue weighted by Gasteiger charge is 2.38. The highest BCUT2D eigenvalue weighted by atomic mass is 32.2. The third kappa shape index (κ3) is 3.47. The van der Waals surface area contributed by atoms with Crippen LogP contribution in [0.15, 0.2) is 29.2 Å². The van der Waals surface area contributed by atoms with Crippen LogP contribution < -0.4 is 10.1 Å². The number of sulfonamides is 1. The highest BCUT2D eigenvalue weighted by molar-refractivity contribution is 7.89. The lowest BCUT2D eigenvalue weighted by Gasteiger charge is -2.34. The fourth-order valence-electron chi connectivity index (χ4n) is 3.17. The predicted molar refractivity (Wildman–Crippen MR) is 89.6 cm³/mol. The van der Waals surface area contributed by atoms with Gasteiger partial charge in [0.25, 0.3) is 0 Å². The van der Waals surface area contributed by atoms with Crippen LogP contribution >= 0.6 is 0 Å². The van der Waals surface area contributed by atoms with Crippen LogP contribution in [0.5, 0.6) is 5.75 Å². The summed E-state index contributed by atoms with van der Waals surface area (Å²) >= 11 is 0. The summed E-state index contributed by atoms with van der Waals surface area (Å²) in [5, 5.41) is 2.49. The van der Waals surface area contributed by atoms with Gasteiger partial charge in [0, 0.05) is 19.1 Å². The summed E-state index contributed by atoms with van der Waals surface area (Å²) in [6, 6.07) is 5.69. The molecule has 2 aliphatic rings. The van der Waals surface area contributed by atoms with Crippen molar-refractivity contribution >= 4 is 22.0 Å². The van der Waals surface area contributed by atoms with Crippen molar-refractivity contribution in [1.29, 1.82) is 0 Å². The van der Waals surface area contributed by atoms with E-state index in [0.29, 0.717) is 25.2 Å². The number of ether oxygens (including phenoxy) is 1. The number of piperidine rings is 1. The molecular weight excluding hydrogens is 346 g/mol. The van der Waals surface area contributed by atoms with Gasteiger partial charge in [0.1, 0.15) is 5.75 Å². The first-order chi connectivity index (χ1) is 11.9. The molecule has 0 unspecified atom stereocenters. The Hall–Kier alpha value is -2.13. The highest BCUT2D eigenvalue weighted by Crippen LogP contribution is 2.25. The summed E-state index contributed by atoms with van der Waals surface area (Å²) in [5.74, 6) is 0.372. The first-order valence-electron chi connectivity index (χ1n) is 8.26. The monoisotopic (exact) mass is 367 g/mol. The number of carbonyl (C=O) groups is 2. The fraction of sp³-hybridized carbons (Fsp3) is 0.500. The van der Waals surface area contributed by atoms with Crippen molar-refractivity contribution in [2.24, 2.45) is 0 Å². The lowest BCUT2D eigenvalue weighted by atomic mass is 10.1. The SMILES string of the molecule is CCOc1ccc(S(=O)(=O)N2CCC(N3C(=O)CNC3=O)CC2)cc1. The Balaban J connectivity index is 1.67. The van der Waals surface area contributed by atoms with E-state index >= 15 is 0 Å². The molecule has 8 nitrogen and oxygen atoms in total. The molecule has 0 atom stereocenters. The predicted octanol–water partition coefficient (Wildman–Crippen LogP) is 0.790. The lowest BCUT2D eigenvalue weighted by molar-refractivity contribution is -0.127. The molecule has 0 saturated carbocycles. The second-order valence-corrected chi connectivity index (χ2v) is 7.90. The van der Waals surface area contributed by atoms with Gasteiger partial charge in [-0.05, 0) is 44.0 Å². The van der Waals surface area contributed by atoms with E-state index in [9.17, 15) is 18.0 Å². The maximum absolute atomic E-state index is 12.7. The molecule has 3 amide bonds. The van der Waals surface area contributed by atoms with Crippen molar-refractivity contribution < 1.29 is 22.7 Å². The summed E-state index contributed by atoms with van der Waals surface area (Å²) in [7, 11) is -3.59. The van der Waals surface area contributed by atoms with Crippen LogP contribution in [-0.2, 0) is 14.8 Å². The van der Waals surface area contributed by atoms with E-state index in [-0.39, 0.29) is 36.5 Å². The molecule has 136 valence electrons. The number of rotatable bonds is 5. The Kier molecular flexibility index (Phi) is 4.96. The summed E-state index contributed by atoms with van der Waals surface area (Å²) < 4.78 is 32.2. The molecule has 0 aliphatic carbocycles. The zero-order valence-electron chi connectivity index (χ0n) is 14.0. The normalized spacial score (nSPS) is 20.0. The van der Waals surface area contributed by atoms with Gasteiger partial charge in [0.05, 0.1) is 18.0 Å². The number of carbonyl (C=O) groups excluding carboxylic acids is 2. The Bertz CT molecular complexity index is 738. The first kappa shape index (κ1) is 17.7. The Morgan fingerprint density at radius 2 is 1.80 bits per heavy atom.